The molecule has 1 nitrogen and oxygen atoms in total. The van der Waals surface area contributed by atoms with Crippen molar-refractivity contribution in [3.8, 4) is 0 Å². The van der Waals surface area contributed by atoms with Crippen molar-refractivity contribution in [2.45, 2.75) is 11.8 Å². The van der Waals surface area contributed by atoms with Crippen LogP contribution in [0.25, 0.3) is 0 Å². The lowest BCUT2D eigenvalue weighted by atomic mass is 10.5. The summed E-state index contributed by atoms with van der Waals surface area (Å²) >= 11 is 10.3. The molecule has 0 saturated heterocycles. The van der Waals surface area contributed by atoms with E-state index in [9.17, 15) is 0 Å². The standard InChI is InChI=1S/C3H5Cl2N/c1-2(6)3(4)5/h3,6H,1H3. The summed E-state index contributed by atoms with van der Waals surface area (Å²) in [5.74, 6) is 0. The fourth-order valence-electron chi connectivity index (χ4n) is 0. The third-order valence-corrected chi connectivity index (χ3v) is 0.982. The van der Waals surface area contributed by atoms with Crippen LogP contribution in [-0.2, 0) is 0 Å². The van der Waals surface area contributed by atoms with Gasteiger partial charge < -0.3 is 5.41 Å². The number of alkyl halides is 2. The molecule has 0 amide bonds. The van der Waals surface area contributed by atoms with Crippen molar-refractivity contribution < 1.29 is 0 Å². The molecule has 0 aliphatic rings. The summed E-state index contributed by atoms with van der Waals surface area (Å²) in [6.07, 6.45) is 0. The van der Waals surface area contributed by atoms with Crippen molar-refractivity contribution >= 4 is 28.9 Å². The molecule has 0 fully saturated rings. The first kappa shape index (κ1) is 6.25. The molecule has 0 aliphatic heterocycles. The van der Waals surface area contributed by atoms with E-state index in [0.717, 1.165) is 0 Å². The highest BCUT2D eigenvalue weighted by Gasteiger charge is 1.96. The minimum Gasteiger partial charge on any atom is -0.307 e. The van der Waals surface area contributed by atoms with E-state index in [1.165, 1.54) is 0 Å². The van der Waals surface area contributed by atoms with E-state index in [0.29, 0.717) is 5.71 Å². The summed E-state index contributed by atoms with van der Waals surface area (Å²) < 4.78 is 0. The smallest absolute Gasteiger partial charge is 0.144 e. The Labute approximate surface area is 46.8 Å². The van der Waals surface area contributed by atoms with Gasteiger partial charge in [-0.25, -0.2) is 0 Å². The molecule has 0 heterocycles. The van der Waals surface area contributed by atoms with Gasteiger partial charge in [0.05, 0.1) is 0 Å². The monoisotopic (exact) mass is 125 g/mol. The predicted octanol–water partition coefficient (Wildman–Crippen LogP) is 1.83. The van der Waals surface area contributed by atoms with Gasteiger partial charge in [0.1, 0.15) is 4.84 Å². The zero-order chi connectivity index (χ0) is 5.15. The van der Waals surface area contributed by atoms with Gasteiger partial charge in [0.15, 0.2) is 0 Å². The predicted molar refractivity (Wildman–Crippen MR) is 28.9 cm³/mol. The highest BCUT2D eigenvalue weighted by atomic mass is 35.5. The summed E-state index contributed by atoms with van der Waals surface area (Å²) in [5, 5.41) is 6.69. The molecular weight excluding hydrogens is 121 g/mol. The van der Waals surface area contributed by atoms with Crippen molar-refractivity contribution in [2.75, 3.05) is 0 Å². The van der Waals surface area contributed by atoms with Gasteiger partial charge in [-0.15, -0.1) is 0 Å². The van der Waals surface area contributed by atoms with Gasteiger partial charge in [0.25, 0.3) is 0 Å². The van der Waals surface area contributed by atoms with Crippen LogP contribution in [0, 0.1) is 5.41 Å². The summed E-state index contributed by atoms with van der Waals surface area (Å²) in [7, 11) is 0. The van der Waals surface area contributed by atoms with Gasteiger partial charge in [-0.05, 0) is 6.92 Å². The molecule has 0 spiro atoms. The molecule has 0 unspecified atom stereocenters. The minimum absolute atomic E-state index is 0.290. The van der Waals surface area contributed by atoms with Crippen LogP contribution in [-0.4, -0.2) is 10.5 Å². The topological polar surface area (TPSA) is 23.9 Å². The molecule has 0 radical (unpaired) electrons. The molecule has 6 heavy (non-hydrogen) atoms. The highest BCUT2D eigenvalue weighted by molar-refractivity contribution is 6.53. The average molecular weight is 126 g/mol. The molecule has 3 heteroatoms. The number of halogens is 2. The number of nitrogens with one attached hydrogen (secondary N) is 1. The maximum atomic E-state index is 6.69. The third kappa shape index (κ3) is 2.49. The molecule has 0 aromatic heterocycles. The fourth-order valence-corrected chi connectivity index (χ4v) is 0. The van der Waals surface area contributed by atoms with Crippen LogP contribution in [0.15, 0.2) is 0 Å². The van der Waals surface area contributed by atoms with E-state index in [2.05, 4.69) is 0 Å². The Morgan fingerprint density at radius 2 is 1.83 bits per heavy atom. The lowest BCUT2D eigenvalue weighted by Gasteiger charge is -1.89. The zero-order valence-corrected chi connectivity index (χ0v) is 4.85. The van der Waals surface area contributed by atoms with E-state index in [-0.39, 0.29) is 0 Å². The lowest BCUT2D eigenvalue weighted by molar-refractivity contribution is 1.42. The van der Waals surface area contributed by atoms with Crippen molar-refractivity contribution in [1.29, 1.82) is 5.41 Å². The zero-order valence-electron chi connectivity index (χ0n) is 3.33. The van der Waals surface area contributed by atoms with Crippen molar-refractivity contribution in [1.82, 2.24) is 0 Å². The summed E-state index contributed by atoms with van der Waals surface area (Å²) in [5.41, 5.74) is 0.290. The second-order valence-corrected chi connectivity index (χ2v) is 2.08. The van der Waals surface area contributed by atoms with E-state index >= 15 is 0 Å². The SMILES string of the molecule is CC(=N)C(Cl)Cl. The highest BCUT2D eigenvalue weighted by Crippen LogP contribution is 2.00. The molecule has 1 N–H and O–H groups in total. The van der Waals surface area contributed by atoms with E-state index in [1.807, 2.05) is 0 Å². The van der Waals surface area contributed by atoms with Crippen LogP contribution in [0.4, 0.5) is 0 Å². The van der Waals surface area contributed by atoms with Crippen LogP contribution in [0.3, 0.4) is 0 Å². The Kier molecular flexibility index (Phi) is 2.53. The van der Waals surface area contributed by atoms with E-state index in [4.69, 9.17) is 28.6 Å². The Morgan fingerprint density at radius 3 is 1.83 bits per heavy atom. The van der Waals surface area contributed by atoms with E-state index in [1.54, 1.807) is 6.92 Å². The van der Waals surface area contributed by atoms with Crippen molar-refractivity contribution in [2.24, 2.45) is 0 Å². The molecular formula is C3H5Cl2N. The van der Waals surface area contributed by atoms with Gasteiger partial charge in [0, 0.05) is 5.71 Å². The van der Waals surface area contributed by atoms with Crippen LogP contribution in [0.1, 0.15) is 6.92 Å². The Hall–Kier alpha value is 0.250. The molecule has 0 rings (SSSR count). The average Bonchev–Trinajstić information content (AvgIpc) is 1.36. The van der Waals surface area contributed by atoms with Crippen molar-refractivity contribution in [3.05, 3.63) is 0 Å². The number of hydrogen-bond donors (Lipinski definition) is 1. The Bertz CT molecular complexity index is 59.8. The second-order valence-electron chi connectivity index (χ2n) is 0.984. The molecule has 0 saturated carbocycles. The normalized spacial score (nSPS) is 9.33. The third-order valence-electron chi connectivity index (χ3n) is 0.327. The maximum Gasteiger partial charge on any atom is 0.144 e. The first-order valence-electron chi connectivity index (χ1n) is 1.48. The van der Waals surface area contributed by atoms with Crippen LogP contribution in [0.5, 0.6) is 0 Å². The Balaban J connectivity index is 3.26. The van der Waals surface area contributed by atoms with E-state index < -0.39 is 4.84 Å². The molecule has 0 aromatic carbocycles. The molecule has 0 bridgehead atoms. The molecule has 0 atom stereocenters. The summed E-state index contributed by atoms with van der Waals surface area (Å²) in [6.45, 7) is 1.56. The quantitative estimate of drug-likeness (QED) is 0.409. The van der Waals surface area contributed by atoms with Crippen LogP contribution in [0.2, 0.25) is 0 Å². The number of rotatable bonds is 1. The first-order chi connectivity index (χ1) is 2.64. The fraction of sp³-hybridized carbons (Fsp3) is 0.667. The molecule has 36 valence electrons. The van der Waals surface area contributed by atoms with Gasteiger partial charge in [-0.3, -0.25) is 0 Å². The van der Waals surface area contributed by atoms with Crippen LogP contribution < -0.4 is 0 Å². The van der Waals surface area contributed by atoms with Gasteiger partial charge in [-0.1, -0.05) is 23.2 Å². The largest absolute Gasteiger partial charge is 0.307 e. The van der Waals surface area contributed by atoms with Crippen LogP contribution >= 0.6 is 23.2 Å². The summed E-state index contributed by atoms with van der Waals surface area (Å²) in [4.78, 5) is -0.620. The first-order valence-corrected chi connectivity index (χ1v) is 2.35. The van der Waals surface area contributed by atoms with Gasteiger partial charge >= 0.3 is 0 Å². The minimum atomic E-state index is -0.620. The van der Waals surface area contributed by atoms with Gasteiger partial charge in [0.2, 0.25) is 0 Å². The lowest BCUT2D eigenvalue weighted by Crippen LogP contribution is -1.97. The molecule has 0 aromatic rings. The molecule has 0 aliphatic carbocycles. The summed E-state index contributed by atoms with van der Waals surface area (Å²) in [6, 6.07) is 0. The maximum absolute atomic E-state index is 6.69. The van der Waals surface area contributed by atoms with Gasteiger partial charge in [-0.2, -0.15) is 0 Å². The second kappa shape index (κ2) is 2.43. The number of hydrogen-bond acceptors (Lipinski definition) is 1. The Morgan fingerprint density at radius 1 is 1.67 bits per heavy atom. The van der Waals surface area contributed by atoms with Crippen molar-refractivity contribution in [3.63, 3.8) is 0 Å².